The third kappa shape index (κ3) is 2.54. The van der Waals surface area contributed by atoms with Gasteiger partial charge in [0.25, 0.3) is 0 Å². The number of ether oxygens (including phenoxy) is 1. The molecule has 3 nitrogen and oxygen atoms in total. The van der Waals surface area contributed by atoms with Crippen LogP contribution in [-0.2, 0) is 0 Å². The van der Waals surface area contributed by atoms with E-state index >= 15 is 0 Å². The number of nitrogens with one attached hydrogen (secondary N) is 1. The zero-order valence-electron chi connectivity index (χ0n) is 9.78. The number of rotatable bonds is 4. The molecule has 0 aromatic heterocycles. The first-order valence-corrected chi connectivity index (χ1v) is 5.96. The lowest BCUT2D eigenvalue weighted by Crippen LogP contribution is -2.36. The summed E-state index contributed by atoms with van der Waals surface area (Å²) in [4.78, 5) is 0. The Morgan fingerprint density at radius 1 is 1.50 bits per heavy atom. The minimum Gasteiger partial charge on any atom is -0.493 e. The molecule has 3 N–H and O–H groups in total. The number of fused-ring (bicyclic) bond motifs is 1. The summed E-state index contributed by atoms with van der Waals surface area (Å²) in [5.41, 5.74) is 6.92. The van der Waals surface area contributed by atoms with Gasteiger partial charge < -0.3 is 15.8 Å². The normalized spacial score (nSPS) is 21.0. The van der Waals surface area contributed by atoms with Crippen LogP contribution in [0.3, 0.4) is 0 Å². The van der Waals surface area contributed by atoms with Gasteiger partial charge in [0.1, 0.15) is 5.75 Å². The molecule has 88 valence electrons. The highest BCUT2D eigenvalue weighted by Gasteiger charge is 2.20. The largest absolute Gasteiger partial charge is 0.493 e. The maximum absolute atomic E-state index is 5.63. The second-order valence-corrected chi connectivity index (χ2v) is 4.42. The van der Waals surface area contributed by atoms with Crippen molar-refractivity contribution in [3.8, 4) is 5.75 Å². The van der Waals surface area contributed by atoms with Crippen LogP contribution in [0.2, 0.25) is 0 Å². The maximum atomic E-state index is 5.63. The molecule has 1 aliphatic heterocycles. The van der Waals surface area contributed by atoms with Gasteiger partial charge in [-0.3, -0.25) is 0 Å². The zero-order chi connectivity index (χ0) is 11.4. The molecule has 16 heavy (non-hydrogen) atoms. The van der Waals surface area contributed by atoms with E-state index in [9.17, 15) is 0 Å². The van der Waals surface area contributed by atoms with Crippen molar-refractivity contribution in [1.82, 2.24) is 5.32 Å². The third-order valence-electron chi connectivity index (χ3n) is 3.15. The van der Waals surface area contributed by atoms with Crippen molar-refractivity contribution < 1.29 is 4.74 Å². The van der Waals surface area contributed by atoms with Gasteiger partial charge in [0.05, 0.1) is 6.61 Å². The average molecular weight is 220 g/mol. The Labute approximate surface area is 97.0 Å². The zero-order valence-corrected chi connectivity index (χ0v) is 9.78. The Kier molecular flexibility index (Phi) is 3.80. The molecule has 0 amide bonds. The third-order valence-corrected chi connectivity index (χ3v) is 3.15. The fraction of sp³-hybridized carbons (Fsp3) is 0.538. The fourth-order valence-electron chi connectivity index (χ4n) is 2.05. The molecular weight excluding hydrogens is 200 g/mol. The van der Waals surface area contributed by atoms with E-state index in [2.05, 4.69) is 24.4 Å². The van der Waals surface area contributed by atoms with Crippen LogP contribution in [0.1, 0.15) is 24.8 Å². The van der Waals surface area contributed by atoms with Crippen LogP contribution in [0.4, 0.5) is 0 Å². The first kappa shape index (κ1) is 11.4. The molecule has 0 radical (unpaired) electrons. The molecule has 0 fully saturated rings. The summed E-state index contributed by atoms with van der Waals surface area (Å²) in [5, 5.41) is 3.46. The van der Waals surface area contributed by atoms with E-state index in [1.165, 1.54) is 5.56 Å². The Morgan fingerprint density at radius 2 is 2.31 bits per heavy atom. The van der Waals surface area contributed by atoms with Gasteiger partial charge in [-0.1, -0.05) is 18.2 Å². The summed E-state index contributed by atoms with van der Waals surface area (Å²) in [6.07, 6.45) is 1.08. The molecular formula is C13H20N2O. The number of hydrogen-bond acceptors (Lipinski definition) is 3. The Morgan fingerprint density at radius 3 is 3.12 bits per heavy atom. The van der Waals surface area contributed by atoms with Gasteiger partial charge >= 0.3 is 0 Å². The average Bonchev–Trinajstić information content (AvgIpc) is 2.35. The van der Waals surface area contributed by atoms with Crippen LogP contribution in [-0.4, -0.2) is 25.7 Å². The smallest absolute Gasteiger partial charge is 0.122 e. The van der Waals surface area contributed by atoms with Crippen LogP contribution >= 0.6 is 0 Å². The van der Waals surface area contributed by atoms with Crippen LogP contribution in [0.15, 0.2) is 24.3 Å². The summed E-state index contributed by atoms with van der Waals surface area (Å²) in [6.45, 7) is 4.61. The molecule has 1 heterocycles. The van der Waals surface area contributed by atoms with Crippen molar-refractivity contribution in [1.29, 1.82) is 0 Å². The van der Waals surface area contributed by atoms with Crippen LogP contribution in [0, 0.1) is 0 Å². The molecule has 2 unspecified atom stereocenters. The summed E-state index contributed by atoms with van der Waals surface area (Å²) in [5.74, 6) is 1.60. The lowest BCUT2D eigenvalue weighted by molar-refractivity contribution is 0.263. The highest BCUT2D eigenvalue weighted by atomic mass is 16.5. The number of nitrogens with two attached hydrogens (primary N) is 1. The molecule has 3 heteroatoms. The highest BCUT2D eigenvalue weighted by molar-refractivity contribution is 5.37. The SMILES string of the molecule is CC(CN)NCC1CCOc2ccccc21. The Balaban J connectivity index is 2.01. The lowest BCUT2D eigenvalue weighted by Gasteiger charge is -2.27. The van der Waals surface area contributed by atoms with Crippen LogP contribution < -0.4 is 15.8 Å². The minimum absolute atomic E-state index is 0.384. The molecule has 0 aliphatic carbocycles. The fourth-order valence-corrected chi connectivity index (χ4v) is 2.05. The summed E-state index contributed by atoms with van der Waals surface area (Å²) in [7, 11) is 0. The second kappa shape index (κ2) is 5.32. The Hall–Kier alpha value is -1.06. The molecule has 2 atom stereocenters. The van der Waals surface area contributed by atoms with Gasteiger partial charge in [0, 0.05) is 25.0 Å². The monoisotopic (exact) mass is 220 g/mol. The number of hydrogen-bond donors (Lipinski definition) is 2. The predicted molar refractivity (Wildman–Crippen MR) is 65.8 cm³/mol. The van der Waals surface area contributed by atoms with Crippen molar-refractivity contribution >= 4 is 0 Å². The van der Waals surface area contributed by atoms with Gasteiger partial charge in [-0.25, -0.2) is 0 Å². The van der Waals surface area contributed by atoms with E-state index in [0.29, 0.717) is 18.5 Å². The lowest BCUT2D eigenvalue weighted by atomic mass is 9.93. The second-order valence-electron chi connectivity index (χ2n) is 4.42. The molecule has 0 spiro atoms. The van der Waals surface area contributed by atoms with Crippen molar-refractivity contribution in [3.63, 3.8) is 0 Å². The Bertz CT molecular complexity index is 340. The van der Waals surface area contributed by atoms with Gasteiger partial charge in [-0.15, -0.1) is 0 Å². The minimum atomic E-state index is 0.384. The summed E-state index contributed by atoms with van der Waals surface area (Å²) in [6, 6.07) is 8.70. The molecule has 1 aromatic rings. The van der Waals surface area contributed by atoms with E-state index in [-0.39, 0.29) is 0 Å². The number of para-hydroxylation sites is 1. The van der Waals surface area contributed by atoms with E-state index in [4.69, 9.17) is 10.5 Å². The molecule has 1 aliphatic rings. The maximum Gasteiger partial charge on any atom is 0.122 e. The molecule has 0 bridgehead atoms. The first-order valence-electron chi connectivity index (χ1n) is 5.96. The molecule has 0 saturated heterocycles. The topological polar surface area (TPSA) is 47.3 Å². The van der Waals surface area contributed by atoms with Gasteiger partial charge in [-0.2, -0.15) is 0 Å². The highest BCUT2D eigenvalue weighted by Crippen LogP contribution is 2.32. The first-order chi connectivity index (χ1) is 7.81. The van der Waals surface area contributed by atoms with E-state index in [1.54, 1.807) is 0 Å². The van der Waals surface area contributed by atoms with E-state index in [1.807, 2.05) is 12.1 Å². The van der Waals surface area contributed by atoms with Gasteiger partial charge in [0.2, 0.25) is 0 Å². The molecule has 0 saturated carbocycles. The van der Waals surface area contributed by atoms with Crippen molar-refractivity contribution in [2.75, 3.05) is 19.7 Å². The van der Waals surface area contributed by atoms with Crippen LogP contribution in [0.25, 0.3) is 0 Å². The standard InChI is InChI=1S/C13H20N2O/c1-10(8-14)15-9-11-6-7-16-13-5-3-2-4-12(11)13/h2-5,10-11,15H,6-9,14H2,1H3. The predicted octanol–water partition coefficient (Wildman–Crippen LogP) is 1.49. The van der Waals surface area contributed by atoms with Crippen molar-refractivity contribution in [2.45, 2.75) is 25.3 Å². The van der Waals surface area contributed by atoms with E-state index in [0.717, 1.165) is 25.3 Å². The van der Waals surface area contributed by atoms with E-state index < -0.39 is 0 Å². The van der Waals surface area contributed by atoms with Crippen molar-refractivity contribution in [3.05, 3.63) is 29.8 Å². The summed E-state index contributed by atoms with van der Waals surface area (Å²) >= 11 is 0. The van der Waals surface area contributed by atoms with Gasteiger partial charge in [0.15, 0.2) is 0 Å². The van der Waals surface area contributed by atoms with Crippen LogP contribution in [0.5, 0.6) is 5.75 Å². The summed E-state index contributed by atoms with van der Waals surface area (Å²) < 4.78 is 5.63. The number of benzene rings is 1. The van der Waals surface area contributed by atoms with Crippen molar-refractivity contribution in [2.24, 2.45) is 5.73 Å². The molecule has 2 rings (SSSR count). The van der Waals surface area contributed by atoms with Gasteiger partial charge in [-0.05, 0) is 25.0 Å². The quantitative estimate of drug-likeness (QED) is 0.808. The molecule has 1 aromatic carbocycles.